The van der Waals surface area contributed by atoms with Crippen molar-refractivity contribution in [3.05, 3.63) is 29.6 Å². The smallest absolute Gasteiger partial charge is 0.126 e. The van der Waals surface area contributed by atoms with Gasteiger partial charge >= 0.3 is 0 Å². The summed E-state index contributed by atoms with van der Waals surface area (Å²) in [4.78, 5) is 0. The van der Waals surface area contributed by atoms with Crippen LogP contribution >= 0.6 is 0 Å². The van der Waals surface area contributed by atoms with Crippen molar-refractivity contribution in [2.24, 2.45) is 0 Å². The third-order valence-corrected chi connectivity index (χ3v) is 4.53. The van der Waals surface area contributed by atoms with Gasteiger partial charge in [-0.25, -0.2) is 4.39 Å². The zero-order valence-electron chi connectivity index (χ0n) is 12.8. The summed E-state index contributed by atoms with van der Waals surface area (Å²) in [6.07, 6.45) is 4.33. The molecule has 4 heteroatoms. The maximum atomic E-state index is 13.2. The molecule has 21 heavy (non-hydrogen) atoms. The molecule has 0 bridgehead atoms. The number of hydrogen-bond donors (Lipinski definition) is 1. The first-order valence-electron chi connectivity index (χ1n) is 7.98. The van der Waals surface area contributed by atoms with E-state index in [4.69, 9.17) is 9.47 Å². The first-order chi connectivity index (χ1) is 10.2. The summed E-state index contributed by atoms with van der Waals surface area (Å²) in [5.41, 5.74) is 0.950. The van der Waals surface area contributed by atoms with Crippen LogP contribution in [0.3, 0.4) is 0 Å². The van der Waals surface area contributed by atoms with E-state index in [0.717, 1.165) is 37.0 Å². The van der Waals surface area contributed by atoms with Crippen LogP contribution in [0.15, 0.2) is 18.2 Å². The average molecular weight is 293 g/mol. The molecule has 4 unspecified atom stereocenters. The number of fused-ring (bicyclic) bond motifs is 1. The van der Waals surface area contributed by atoms with Crippen molar-refractivity contribution < 1.29 is 13.9 Å². The maximum absolute atomic E-state index is 13.2. The lowest BCUT2D eigenvalue weighted by Crippen LogP contribution is -2.50. The van der Waals surface area contributed by atoms with Crippen molar-refractivity contribution in [1.29, 1.82) is 0 Å². The van der Waals surface area contributed by atoms with Gasteiger partial charge in [-0.3, -0.25) is 0 Å². The highest BCUT2D eigenvalue weighted by molar-refractivity contribution is 5.37. The molecule has 2 heterocycles. The minimum absolute atomic E-state index is 0.0126. The number of halogens is 1. The summed E-state index contributed by atoms with van der Waals surface area (Å²) >= 11 is 0. The molecular formula is C17H24FNO2. The molecule has 2 aliphatic rings. The number of nitrogens with one attached hydrogen (secondary N) is 1. The highest BCUT2D eigenvalue weighted by atomic mass is 19.1. The second-order valence-electron chi connectivity index (χ2n) is 6.23. The van der Waals surface area contributed by atoms with Gasteiger partial charge in [-0.15, -0.1) is 0 Å². The zero-order chi connectivity index (χ0) is 14.8. The lowest BCUT2D eigenvalue weighted by molar-refractivity contribution is -0.0307. The Balaban J connectivity index is 1.52. The van der Waals surface area contributed by atoms with E-state index in [9.17, 15) is 4.39 Å². The molecule has 2 aliphatic heterocycles. The highest BCUT2D eigenvalue weighted by Gasteiger charge is 2.30. The van der Waals surface area contributed by atoms with Crippen molar-refractivity contribution in [2.75, 3.05) is 6.61 Å². The summed E-state index contributed by atoms with van der Waals surface area (Å²) in [5, 5.41) is 3.60. The van der Waals surface area contributed by atoms with Crippen molar-refractivity contribution in [3.63, 3.8) is 0 Å². The number of benzene rings is 1. The van der Waals surface area contributed by atoms with Crippen molar-refractivity contribution in [3.8, 4) is 5.75 Å². The topological polar surface area (TPSA) is 30.5 Å². The predicted octanol–water partition coefficient (Wildman–Crippen LogP) is 3.06. The molecule has 1 saturated heterocycles. The maximum Gasteiger partial charge on any atom is 0.126 e. The molecule has 0 saturated carbocycles. The Morgan fingerprint density at radius 2 is 2.24 bits per heavy atom. The fraction of sp³-hybridized carbons (Fsp3) is 0.647. The van der Waals surface area contributed by atoms with E-state index in [-0.39, 0.29) is 18.0 Å². The highest BCUT2D eigenvalue weighted by Crippen LogP contribution is 2.30. The van der Waals surface area contributed by atoms with Gasteiger partial charge < -0.3 is 14.8 Å². The first kappa shape index (κ1) is 14.8. The number of rotatable bonds is 4. The fourth-order valence-electron chi connectivity index (χ4n) is 3.36. The minimum Gasteiger partial charge on any atom is -0.487 e. The Morgan fingerprint density at radius 1 is 1.38 bits per heavy atom. The fourth-order valence-corrected chi connectivity index (χ4v) is 3.36. The van der Waals surface area contributed by atoms with Gasteiger partial charge in [0.1, 0.15) is 17.7 Å². The van der Waals surface area contributed by atoms with Gasteiger partial charge in [-0.1, -0.05) is 6.92 Å². The lowest BCUT2D eigenvalue weighted by Gasteiger charge is -2.36. The molecule has 116 valence electrons. The molecule has 1 N–H and O–H groups in total. The Morgan fingerprint density at radius 3 is 3.05 bits per heavy atom. The largest absolute Gasteiger partial charge is 0.487 e. The summed E-state index contributed by atoms with van der Waals surface area (Å²) in [5.74, 6) is 0.600. The Labute approximate surface area is 125 Å². The molecule has 4 atom stereocenters. The Kier molecular flexibility index (Phi) is 4.45. The second-order valence-corrected chi connectivity index (χ2v) is 6.23. The van der Waals surface area contributed by atoms with Gasteiger partial charge in [-0.2, -0.15) is 0 Å². The van der Waals surface area contributed by atoms with E-state index in [1.165, 1.54) is 6.07 Å². The van der Waals surface area contributed by atoms with Crippen LogP contribution in [0.5, 0.6) is 5.75 Å². The van der Waals surface area contributed by atoms with Crippen LogP contribution < -0.4 is 10.1 Å². The molecule has 1 aromatic rings. The zero-order valence-corrected chi connectivity index (χ0v) is 12.8. The van der Waals surface area contributed by atoms with E-state index in [1.54, 1.807) is 12.1 Å². The van der Waals surface area contributed by atoms with Gasteiger partial charge in [0, 0.05) is 24.1 Å². The van der Waals surface area contributed by atoms with Crippen LogP contribution in [-0.2, 0) is 11.2 Å². The van der Waals surface area contributed by atoms with Gasteiger partial charge in [0.15, 0.2) is 0 Å². The molecule has 0 aromatic heterocycles. The summed E-state index contributed by atoms with van der Waals surface area (Å²) in [6.45, 7) is 4.99. The van der Waals surface area contributed by atoms with Crippen molar-refractivity contribution in [2.45, 2.75) is 63.8 Å². The standard InChI is InChI=1S/C17H24FNO2/c1-3-15-17(6-4-11(2)19-15)20-10-14-9-12-8-13(18)5-7-16(12)21-14/h5,7-8,11,14-15,17,19H,3-4,6,9-10H2,1-2H3. The van der Waals surface area contributed by atoms with Gasteiger partial charge in [0.05, 0.1) is 12.7 Å². The van der Waals surface area contributed by atoms with E-state index >= 15 is 0 Å². The minimum atomic E-state index is -0.199. The van der Waals surface area contributed by atoms with Gasteiger partial charge in [0.2, 0.25) is 0 Å². The molecular weight excluding hydrogens is 269 g/mol. The van der Waals surface area contributed by atoms with Crippen LogP contribution in [0.25, 0.3) is 0 Å². The monoisotopic (exact) mass is 293 g/mol. The van der Waals surface area contributed by atoms with E-state index in [2.05, 4.69) is 19.2 Å². The number of hydrogen-bond acceptors (Lipinski definition) is 3. The number of piperidine rings is 1. The summed E-state index contributed by atoms with van der Waals surface area (Å²) < 4.78 is 25.1. The molecule has 3 rings (SSSR count). The van der Waals surface area contributed by atoms with Gasteiger partial charge in [-0.05, 0) is 44.4 Å². The van der Waals surface area contributed by atoms with Gasteiger partial charge in [0.25, 0.3) is 0 Å². The first-order valence-corrected chi connectivity index (χ1v) is 7.98. The van der Waals surface area contributed by atoms with Crippen molar-refractivity contribution in [1.82, 2.24) is 5.32 Å². The molecule has 0 radical (unpaired) electrons. The Hall–Kier alpha value is -1.13. The van der Waals surface area contributed by atoms with Crippen LogP contribution in [0, 0.1) is 5.82 Å². The normalized spacial score (nSPS) is 31.8. The summed E-state index contributed by atoms with van der Waals surface area (Å²) in [6, 6.07) is 5.72. The molecule has 0 amide bonds. The van der Waals surface area contributed by atoms with Crippen LogP contribution in [0.2, 0.25) is 0 Å². The van der Waals surface area contributed by atoms with Crippen LogP contribution in [0.1, 0.15) is 38.7 Å². The SMILES string of the molecule is CCC1NC(C)CCC1OCC1Cc2cc(F)ccc2O1. The molecule has 1 fully saturated rings. The molecule has 3 nitrogen and oxygen atoms in total. The third kappa shape index (κ3) is 3.38. The quantitative estimate of drug-likeness (QED) is 0.925. The Bertz CT molecular complexity index is 494. The molecule has 0 aliphatic carbocycles. The van der Waals surface area contributed by atoms with Crippen LogP contribution in [0.4, 0.5) is 4.39 Å². The van der Waals surface area contributed by atoms with E-state index < -0.39 is 0 Å². The van der Waals surface area contributed by atoms with E-state index in [1.807, 2.05) is 0 Å². The van der Waals surface area contributed by atoms with Crippen molar-refractivity contribution >= 4 is 0 Å². The average Bonchev–Trinajstić information content (AvgIpc) is 2.87. The summed E-state index contributed by atoms with van der Waals surface area (Å²) in [7, 11) is 0. The molecule has 1 aromatic carbocycles. The number of ether oxygens (including phenoxy) is 2. The lowest BCUT2D eigenvalue weighted by atomic mass is 9.95. The molecule has 0 spiro atoms. The second kappa shape index (κ2) is 6.32. The predicted molar refractivity (Wildman–Crippen MR) is 80.2 cm³/mol. The van der Waals surface area contributed by atoms with Crippen LogP contribution in [-0.4, -0.2) is 30.9 Å². The third-order valence-electron chi connectivity index (χ3n) is 4.53. The van der Waals surface area contributed by atoms with E-state index in [0.29, 0.717) is 18.7 Å².